The molecular weight excluding hydrogens is 373 g/mol. The summed E-state index contributed by atoms with van der Waals surface area (Å²) in [4.78, 5) is 8.96. The minimum atomic E-state index is 0.321. The van der Waals surface area contributed by atoms with Crippen molar-refractivity contribution in [3.05, 3.63) is 49.9 Å². The van der Waals surface area contributed by atoms with Crippen LogP contribution in [0.15, 0.2) is 24.3 Å². The van der Waals surface area contributed by atoms with Gasteiger partial charge in [0.2, 0.25) is 0 Å². The highest BCUT2D eigenvalue weighted by Gasteiger charge is 2.13. The molecule has 100 valence electrons. The maximum Gasteiger partial charge on any atom is 0.140 e. The third-order valence-electron chi connectivity index (χ3n) is 2.80. The van der Waals surface area contributed by atoms with Crippen molar-refractivity contribution in [2.75, 3.05) is 5.73 Å². The molecule has 0 atom stereocenters. The summed E-state index contributed by atoms with van der Waals surface area (Å²) in [6.07, 6.45) is 0.598. The van der Waals surface area contributed by atoms with Crippen LogP contribution in [0.2, 0.25) is 5.02 Å². The van der Waals surface area contributed by atoms with Crippen molar-refractivity contribution in [2.45, 2.75) is 26.2 Å². The number of nitrogens with two attached hydrogens (primary N) is 1. The lowest BCUT2D eigenvalue weighted by atomic mass is 10.1. The number of benzene rings is 1. The quantitative estimate of drug-likeness (QED) is 0.809. The molecule has 2 aromatic rings. The normalized spacial score (nSPS) is 11.0. The number of nitrogens with zero attached hydrogens (tertiary/aromatic N) is 2. The van der Waals surface area contributed by atoms with E-state index in [4.69, 9.17) is 17.3 Å². The van der Waals surface area contributed by atoms with Crippen molar-refractivity contribution < 1.29 is 0 Å². The molecule has 2 N–H and O–H groups in total. The zero-order valence-electron chi connectivity index (χ0n) is 10.8. The average molecular weight is 388 g/mol. The third-order valence-corrected chi connectivity index (χ3v) is 4.28. The van der Waals surface area contributed by atoms with Gasteiger partial charge >= 0.3 is 0 Å². The first kappa shape index (κ1) is 14.5. The van der Waals surface area contributed by atoms with Gasteiger partial charge in [0, 0.05) is 11.4 Å². The zero-order valence-corrected chi connectivity index (χ0v) is 13.7. The molecule has 0 aliphatic heterocycles. The smallest absolute Gasteiger partial charge is 0.140 e. The van der Waals surface area contributed by atoms with Gasteiger partial charge in [-0.05, 0) is 40.1 Å². The van der Waals surface area contributed by atoms with Gasteiger partial charge in [-0.15, -0.1) is 0 Å². The minimum absolute atomic E-state index is 0.321. The number of nitrogen functional groups attached to an aromatic ring is 1. The summed E-state index contributed by atoms with van der Waals surface area (Å²) in [6.45, 7) is 4.20. The highest BCUT2D eigenvalue weighted by atomic mass is 127. The Morgan fingerprint density at radius 3 is 2.58 bits per heavy atom. The second-order valence-corrected chi connectivity index (χ2v) is 6.13. The van der Waals surface area contributed by atoms with E-state index in [9.17, 15) is 0 Å². The van der Waals surface area contributed by atoms with Gasteiger partial charge in [0.05, 0.1) is 9.26 Å². The second kappa shape index (κ2) is 6.05. The maximum absolute atomic E-state index is 6.16. The van der Waals surface area contributed by atoms with Gasteiger partial charge in [-0.3, -0.25) is 0 Å². The molecule has 0 spiro atoms. The molecular formula is C14H15ClIN3. The average Bonchev–Trinajstić information content (AvgIpc) is 2.36. The molecule has 1 heterocycles. The molecule has 0 fully saturated rings. The van der Waals surface area contributed by atoms with Crippen molar-refractivity contribution in [3.8, 4) is 0 Å². The van der Waals surface area contributed by atoms with Crippen LogP contribution in [0, 0.1) is 3.57 Å². The summed E-state index contributed by atoms with van der Waals surface area (Å²) in [5.41, 5.74) is 7.97. The van der Waals surface area contributed by atoms with Gasteiger partial charge in [-0.1, -0.05) is 43.6 Å². The Morgan fingerprint density at radius 2 is 1.95 bits per heavy atom. The van der Waals surface area contributed by atoms with Gasteiger partial charge in [-0.25, -0.2) is 9.97 Å². The van der Waals surface area contributed by atoms with Crippen LogP contribution in [0.1, 0.15) is 36.8 Å². The van der Waals surface area contributed by atoms with Gasteiger partial charge in [-0.2, -0.15) is 0 Å². The summed E-state index contributed by atoms with van der Waals surface area (Å²) in [5.74, 6) is 1.58. The van der Waals surface area contributed by atoms with Gasteiger partial charge < -0.3 is 5.73 Å². The lowest BCUT2D eigenvalue weighted by Crippen LogP contribution is -2.09. The molecule has 5 heteroatoms. The molecule has 1 aromatic carbocycles. The Kier molecular flexibility index (Phi) is 4.62. The van der Waals surface area contributed by atoms with E-state index in [1.807, 2.05) is 24.3 Å². The van der Waals surface area contributed by atoms with Gasteiger partial charge in [0.15, 0.2) is 0 Å². The number of anilines is 1. The van der Waals surface area contributed by atoms with E-state index in [0.717, 1.165) is 25.7 Å². The van der Waals surface area contributed by atoms with E-state index < -0.39 is 0 Å². The molecule has 0 unspecified atom stereocenters. The van der Waals surface area contributed by atoms with E-state index in [1.165, 1.54) is 0 Å². The Morgan fingerprint density at radius 1 is 1.26 bits per heavy atom. The molecule has 19 heavy (non-hydrogen) atoms. The maximum atomic E-state index is 6.16. The lowest BCUT2D eigenvalue weighted by Gasteiger charge is -2.12. The van der Waals surface area contributed by atoms with Gasteiger partial charge in [0.1, 0.15) is 11.6 Å². The number of rotatable bonds is 3. The number of hydrogen-bond acceptors (Lipinski definition) is 3. The fraction of sp³-hybridized carbons (Fsp3) is 0.286. The molecule has 0 bridgehead atoms. The minimum Gasteiger partial charge on any atom is -0.383 e. The van der Waals surface area contributed by atoms with Crippen LogP contribution >= 0.6 is 34.2 Å². The van der Waals surface area contributed by atoms with Crippen molar-refractivity contribution in [2.24, 2.45) is 0 Å². The second-order valence-electron chi connectivity index (χ2n) is 4.65. The van der Waals surface area contributed by atoms with Crippen LogP contribution in [0.5, 0.6) is 0 Å². The molecule has 0 saturated heterocycles. The first-order chi connectivity index (χ1) is 8.99. The summed E-state index contributed by atoms with van der Waals surface area (Å²) in [7, 11) is 0. The predicted octanol–water partition coefficient (Wildman–Crippen LogP) is 4.03. The molecule has 0 amide bonds. The van der Waals surface area contributed by atoms with E-state index in [2.05, 4.69) is 46.4 Å². The standard InChI is InChI=1S/C14H15ClIN3/c1-8(2)13-12(16)14(17)19-11(18-13)7-9-5-3-4-6-10(9)15/h3-6,8H,7H2,1-2H3,(H2,17,18,19). The Labute approximate surface area is 131 Å². The molecule has 3 nitrogen and oxygen atoms in total. The van der Waals surface area contributed by atoms with Crippen LogP contribution in [-0.4, -0.2) is 9.97 Å². The van der Waals surface area contributed by atoms with Crippen molar-refractivity contribution in [3.63, 3.8) is 0 Å². The zero-order chi connectivity index (χ0) is 14.0. The summed E-state index contributed by atoms with van der Waals surface area (Å²) in [6, 6.07) is 7.72. The first-order valence-electron chi connectivity index (χ1n) is 6.04. The van der Waals surface area contributed by atoms with E-state index in [-0.39, 0.29) is 0 Å². The predicted molar refractivity (Wildman–Crippen MR) is 87.5 cm³/mol. The SMILES string of the molecule is CC(C)c1nc(Cc2ccccc2Cl)nc(N)c1I. The van der Waals surface area contributed by atoms with Gasteiger partial charge in [0.25, 0.3) is 0 Å². The molecule has 1 aromatic heterocycles. The van der Waals surface area contributed by atoms with Crippen LogP contribution in [0.4, 0.5) is 5.82 Å². The fourth-order valence-corrected chi connectivity index (χ4v) is 2.87. The summed E-state index contributed by atoms with van der Waals surface area (Å²) in [5, 5.41) is 0.731. The van der Waals surface area contributed by atoms with E-state index in [0.29, 0.717) is 18.2 Å². The largest absolute Gasteiger partial charge is 0.383 e. The molecule has 2 rings (SSSR count). The Hall–Kier alpha value is -0.880. The van der Waals surface area contributed by atoms with Crippen molar-refractivity contribution >= 4 is 40.0 Å². The van der Waals surface area contributed by atoms with E-state index >= 15 is 0 Å². The third kappa shape index (κ3) is 3.36. The molecule has 0 aliphatic carbocycles. The first-order valence-corrected chi connectivity index (χ1v) is 7.50. The number of hydrogen-bond donors (Lipinski definition) is 1. The fourth-order valence-electron chi connectivity index (χ4n) is 1.81. The lowest BCUT2D eigenvalue weighted by molar-refractivity contribution is 0.785. The summed E-state index contributed by atoms with van der Waals surface area (Å²) >= 11 is 8.36. The number of aromatic nitrogens is 2. The van der Waals surface area contributed by atoms with Crippen molar-refractivity contribution in [1.82, 2.24) is 9.97 Å². The van der Waals surface area contributed by atoms with Crippen LogP contribution in [0.25, 0.3) is 0 Å². The molecule has 0 aliphatic rings. The van der Waals surface area contributed by atoms with Crippen LogP contribution in [0.3, 0.4) is 0 Å². The number of halogens is 2. The van der Waals surface area contributed by atoms with Crippen molar-refractivity contribution in [1.29, 1.82) is 0 Å². The topological polar surface area (TPSA) is 51.8 Å². The monoisotopic (exact) mass is 387 g/mol. The highest BCUT2D eigenvalue weighted by Crippen LogP contribution is 2.25. The summed E-state index contributed by atoms with van der Waals surface area (Å²) < 4.78 is 0.940. The Bertz CT molecular complexity index is 599. The molecule has 0 saturated carbocycles. The van der Waals surface area contributed by atoms with Crippen LogP contribution < -0.4 is 5.73 Å². The molecule has 0 radical (unpaired) electrons. The van der Waals surface area contributed by atoms with E-state index in [1.54, 1.807) is 0 Å². The Balaban J connectivity index is 2.39. The highest BCUT2D eigenvalue weighted by molar-refractivity contribution is 14.1. The van der Waals surface area contributed by atoms with Crippen LogP contribution in [-0.2, 0) is 6.42 Å².